The molecule has 4 atom stereocenters. The lowest BCUT2D eigenvalue weighted by Crippen LogP contribution is -2.46. The van der Waals surface area contributed by atoms with Gasteiger partial charge in [-0.3, -0.25) is 19.5 Å². The van der Waals surface area contributed by atoms with Gasteiger partial charge in [0.15, 0.2) is 0 Å². The topological polar surface area (TPSA) is 100.0 Å². The Bertz CT molecular complexity index is 1410. The van der Waals surface area contributed by atoms with Crippen molar-refractivity contribution in [1.82, 2.24) is 9.88 Å². The average Bonchev–Trinajstić information content (AvgIpc) is 3.26. The summed E-state index contributed by atoms with van der Waals surface area (Å²) >= 11 is 3.50. The fourth-order valence-electron chi connectivity index (χ4n) is 7.77. The summed E-state index contributed by atoms with van der Waals surface area (Å²) in [5.41, 5.74) is 4.73. The molecule has 220 valence electrons. The molecule has 42 heavy (non-hydrogen) atoms. The largest absolute Gasteiger partial charge is 0.507 e. The van der Waals surface area contributed by atoms with Crippen molar-refractivity contribution < 1.29 is 24.4 Å². The Kier molecular flexibility index (Phi) is 8.71. The van der Waals surface area contributed by atoms with Gasteiger partial charge >= 0.3 is 7.12 Å². The lowest BCUT2D eigenvalue weighted by molar-refractivity contribution is -0.143. The summed E-state index contributed by atoms with van der Waals surface area (Å²) < 4.78 is 7.07. The van der Waals surface area contributed by atoms with E-state index in [9.17, 15) is 19.7 Å². The number of benzene rings is 1. The maximum atomic E-state index is 13.9. The van der Waals surface area contributed by atoms with E-state index in [0.717, 1.165) is 59.8 Å². The first kappa shape index (κ1) is 29.3. The van der Waals surface area contributed by atoms with E-state index < -0.39 is 13.0 Å². The van der Waals surface area contributed by atoms with E-state index in [1.807, 2.05) is 30.3 Å². The van der Waals surface area contributed by atoms with Gasteiger partial charge in [-0.1, -0.05) is 53.8 Å². The highest BCUT2D eigenvalue weighted by Gasteiger charge is 2.58. The minimum absolute atomic E-state index is 0.00590. The zero-order valence-corrected chi connectivity index (χ0v) is 25.6. The summed E-state index contributed by atoms with van der Waals surface area (Å²) in [5, 5.41) is 21.5. The number of aromatic hydroxyl groups is 1. The van der Waals surface area contributed by atoms with Gasteiger partial charge in [-0.15, -0.1) is 0 Å². The Labute approximate surface area is 256 Å². The summed E-state index contributed by atoms with van der Waals surface area (Å²) in [7, 11) is -0.997. The predicted octanol–water partition coefficient (Wildman–Crippen LogP) is 6.41. The number of hydrogen-bond acceptors (Lipinski definition) is 6. The van der Waals surface area contributed by atoms with Crippen LogP contribution in [0.25, 0.3) is 11.6 Å². The number of hydrogen-bond donors (Lipinski definition) is 2. The molecule has 0 radical (unpaired) electrons. The number of aromatic nitrogens is 1. The first-order valence-corrected chi connectivity index (χ1v) is 16.2. The van der Waals surface area contributed by atoms with Crippen LogP contribution in [-0.2, 0) is 14.2 Å². The van der Waals surface area contributed by atoms with E-state index in [4.69, 9.17) is 4.65 Å². The van der Waals surface area contributed by atoms with Gasteiger partial charge in [-0.2, -0.15) is 0 Å². The molecule has 9 heteroatoms. The number of amides is 2. The average molecular weight is 633 g/mol. The molecule has 6 rings (SSSR count). The van der Waals surface area contributed by atoms with Crippen LogP contribution in [0.15, 0.2) is 58.2 Å². The molecular weight excluding hydrogens is 595 g/mol. The van der Waals surface area contributed by atoms with Crippen LogP contribution >= 0.6 is 15.9 Å². The third-order valence-corrected chi connectivity index (χ3v) is 10.2. The second-order valence-corrected chi connectivity index (χ2v) is 13.1. The monoisotopic (exact) mass is 632 g/mol. The van der Waals surface area contributed by atoms with Crippen molar-refractivity contribution in [2.75, 3.05) is 0 Å². The van der Waals surface area contributed by atoms with E-state index in [-0.39, 0.29) is 41.5 Å². The van der Waals surface area contributed by atoms with Crippen molar-refractivity contribution in [1.29, 1.82) is 0 Å². The third-order valence-electron chi connectivity index (χ3n) is 9.70. The fourth-order valence-corrected chi connectivity index (χ4v) is 8.15. The Morgan fingerprint density at radius 2 is 1.95 bits per heavy atom. The van der Waals surface area contributed by atoms with Gasteiger partial charge in [0.1, 0.15) is 5.75 Å². The molecule has 0 bridgehead atoms. The van der Waals surface area contributed by atoms with Crippen LogP contribution in [0, 0.1) is 17.8 Å². The molecule has 3 heterocycles. The first-order chi connectivity index (χ1) is 20.4. The Morgan fingerprint density at radius 1 is 1.14 bits per heavy atom. The van der Waals surface area contributed by atoms with Gasteiger partial charge in [0.25, 0.3) is 0 Å². The maximum absolute atomic E-state index is 13.9. The van der Waals surface area contributed by atoms with E-state index in [1.54, 1.807) is 23.2 Å². The number of phenols is 1. The number of fused-ring (bicyclic) bond motifs is 3. The summed E-state index contributed by atoms with van der Waals surface area (Å²) in [6.07, 6.45) is 11.3. The normalized spacial score (nSPS) is 27.0. The van der Waals surface area contributed by atoms with Crippen molar-refractivity contribution in [3.63, 3.8) is 0 Å². The molecule has 2 N–H and O–H groups in total. The molecule has 2 aliphatic heterocycles. The van der Waals surface area contributed by atoms with Crippen LogP contribution in [0.2, 0.25) is 6.32 Å². The van der Waals surface area contributed by atoms with Gasteiger partial charge in [0.2, 0.25) is 11.8 Å². The van der Waals surface area contributed by atoms with Crippen LogP contribution in [0.5, 0.6) is 5.75 Å². The number of rotatable bonds is 7. The molecule has 2 aliphatic carbocycles. The molecule has 3 fully saturated rings. The summed E-state index contributed by atoms with van der Waals surface area (Å²) in [6.45, 7) is 2.11. The zero-order valence-electron chi connectivity index (χ0n) is 24.0. The minimum atomic E-state index is -0.997. The van der Waals surface area contributed by atoms with Gasteiger partial charge in [0, 0.05) is 22.3 Å². The number of likely N-dealkylation sites (tertiary alicyclic amines) is 1. The van der Waals surface area contributed by atoms with Gasteiger partial charge in [0.05, 0.1) is 23.6 Å². The molecule has 1 aromatic heterocycles. The highest BCUT2D eigenvalue weighted by molar-refractivity contribution is 9.10. The smallest absolute Gasteiger partial charge is 0.455 e. The van der Waals surface area contributed by atoms with E-state index in [1.165, 1.54) is 5.57 Å². The lowest BCUT2D eigenvalue weighted by atomic mass is 9.58. The van der Waals surface area contributed by atoms with Crippen LogP contribution in [0.3, 0.4) is 0 Å². The molecule has 0 unspecified atom stereocenters. The number of imide groups is 1. The standard InChI is InChI=1S/C33H38BBrN2O5/c1-2-20-18-25-31(33(40)37(32(25)39)24-8-4-3-5-9-24)26-19-34(41)42-29(30(20)26)14-11-21(27-10-6-7-15-36-27)16-22-17-23(35)12-13-28(22)38/h6-7,10,12-13,15-17,24-26,29,31,38,41H,2-5,8-9,11,14,18-19H2,1H3/b21-16-/t25-,26+,29-,31-/m1/s1. The van der Waals surface area contributed by atoms with E-state index in [0.29, 0.717) is 31.1 Å². The molecule has 4 aliphatic rings. The van der Waals surface area contributed by atoms with Gasteiger partial charge in [-0.25, -0.2) is 0 Å². The summed E-state index contributed by atoms with van der Waals surface area (Å²) in [4.78, 5) is 33.8. The van der Waals surface area contributed by atoms with Crippen LogP contribution < -0.4 is 0 Å². The SMILES string of the molecule is CCC1=C2[C@@H](CC/C(=C/c3cc(Br)ccc3O)c3ccccn3)OB(O)C[C@@H]2[C@@H]2C(=O)N(C3CCCCC3)C(=O)[C@@H]2C1. The molecular formula is C33H38BBrN2O5. The van der Waals surface area contributed by atoms with Crippen LogP contribution in [0.4, 0.5) is 0 Å². The number of carbonyl (C=O) groups excluding carboxylic acids is 2. The third kappa shape index (κ3) is 5.63. The highest BCUT2D eigenvalue weighted by Crippen LogP contribution is 2.52. The molecule has 1 saturated carbocycles. The first-order valence-electron chi connectivity index (χ1n) is 15.4. The lowest BCUT2D eigenvalue weighted by Gasteiger charge is -2.43. The summed E-state index contributed by atoms with van der Waals surface area (Å²) in [5.74, 6) is -0.825. The second-order valence-electron chi connectivity index (χ2n) is 12.1. The molecule has 0 spiro atoms. The van der Waals surface area contributed by atoms with Crippen molar-refractivity contribution in [3.8, 4) is 5.75 Å². The molecule has 2 saturated heterocycles. The van der Waals surface area contributed by atoms with Crippen LogP contribution in [-0.4, -0.2) is 51.1 Å². The van der Waals surface area contributed by atoms with E-state index in [2.05, 4.69) is 27.8 Å². The van der Waals surface area contributed by atoms with Gasteiger partial charge < -0.3 is 14.8 Å². The van der Waals surface area contributed by atoms with Crippen molar-refractivity contribution in [2.24, 2.45) is 17.8 Å². The van der Waals surface area contributed by atoms with Crippen molar-refractivity contribution in [2.45, 2.75) is 83.2 Å². The zero-order chi connectivity index (χ0) is 29.4. The van der Waals surface area contributed by atoms with Crippen LogP contribution in [0.1, 0.15) is 76.0 Å². The number of pyridine rings is 1. The van der Waals surface area contributed by atoms with Gasteiger partial charge in [-0.05, 0) is 98.3 Å². The fraction of sp³-hybridized carbons (Fsp3) is 0.485. The number of carbonyl (C=O) groups is 2. The number of phenolic OH excluding ortho intramolecular Hbond substituents is 1. The minimum Gasteiger partial charge on any atom is -0.507 e. The molecule has 2 amide bonds. The second kappa shape index (κ2) is 12.5. The molecule has 2 aromatic rings. The highest BCUT2D eigenvalue weighted by atomic mass is 79.9. The molecule has 7 nitrogen and oxygen atoms in total. The summed E-state index contributed by atoms with van der Waals surface area (Å²) in [6, 6.07) is 11.1. The van der Waals surface area contributed by atoms with Crippen molar-refractivity contribution >= 4 is 46.5 Å². The number of allylic oxidation sites excluding steroid dienone is 2. The Balaban J connectivity index is 1.30. The van der Waals surface area contributed by atoms with Crippen molar-refractivity contribution in [3.05, 3.63) is 69.5 Å². The molecule has 1 aromatic carbocycles. The Hall–Kier alpha value is -2.75. The predicted molar refractivity (Wildman–Crippen MR) is 166 cm³/mol. The maximum Gasteiger partial charge on any atom is 0.455 e. The Morgan fingerprint density at radius 3 is 2.69 bits per heavy atom. The number of nitrogens with zero attached hydrogens (tertiary/aromatic N) is 2. The quantitative estimate of drug-likeness (QED) is 0.208. The van der Waals surface area contributed by atoms with E-state index >= 15 is 0 Å². The number of halogens is 1.